The van der Waals surface area contributed by atoms with Crippen LogP contribution in [0.25, 0.3) is 11.1 Å². The third-order valence-corrected chi connectivity index (χ3v) is 6.29. The van der Waals surface area contributed by atoms with Crippen LogP contribution in [-0.2, 0) is 13.1 Å². The number of hydrogen-bond donors (Lipinski definition) is 1. The molecule has 0 spiro atoms. The quantitative estimate of drug-likeness (QED) is 0.404. The van der Waals surface area contributed by atoms with E-state index in [0.29, 0.717) is 19.5 Å². The second-order valence-corrected chi connectivity index (χ2v) is 8.40. The molecule has 0 aliphatic carbocycles. The standard InChI is InChI=1S/C19H15Cl2F7N4O/c1-30-11(7-10(18(23,24)25)19(26,27)28)29-14-12(9(22)6-8(20)15(14)30)13-16(21)31-4-2-3-5-32(31)17(13)33/h6-7,11,29H,2-5H2,1H3. The van der Waals surface area contributed by atoms with Crippen molar-refractivity contribution in [3.05, 3.63) is 44.1 Å². The Hall–Kier alpha value is -2.34. The lowest BCUT2D eigenvalue weighted by Gasteiger charge is -2.22. The maximum Gasteiger partial charge on any atom is 0.421 e. The fraction of sp³-hybridized carbons (Fsp3) is 0.421. The summed E-state index contributed by atoms with van der Waals surface area (Å²) in [6, 6.07) is 0.839. The van der Waals surface area contributed by atoms with Crippen LogP contribution in [0.15, 0.2) is 22.5 Å². The van der Waals surface area contributed by atoms with Crippen LogP contribution in [0.2, 0.25) is 10.2 Å². The van der Waals surface area contributed by atoms with E-state index in [2.05, 4.69) is 5.32 Å². The van der Waals surface area contributed by atoms with Crippen LogP contribution in [0.1, 0.15) is 12.8 Å². The van der Waals surface area contributed by atoms with Gasteiger partial charge in [-0.1, -0.05) is 23.2 Å². The second-order valence-electron chi connectivity index (χ2n) is 7.64. The van der Waals surface area contributed by atoms with Crippen LogP contribution in [0, 0.1) is 5.82 Å². The number of likely N-dealkylation sites (N-methyl/N-ethyl adjacent to an activating group) is 1. The number of rotatable bonds is 2. The molecule has 1 unspecified atom stereocenters. The van der Waals surface area contributed by atoms with Crippen LogP contribution in [0.5, 0.6) is 0 Å². The minimum absolute atomic E-state index is 0.0583. The number of nitrogens with zero attached hydrogens (tertiary/aromatic N) is 3. The summed E-state index contributed by atoms with van der Waals surface area (Å²) in [4.78, 5) is 14.0. The number of anilines is 2. The Labute approximate surface area is 191 Å². The van der Waals surface area contributed by atoms with Gasteiger partial charge < -0.3 is 10.2 Å². The van der Waals surface area contributed by atoms with Gasteiger partial charge in [0.05, 0.1) is 27.5 Å². The number of alkyl halides is 6. The van der Waals surface area contributed by atoms with Gasteiger partial charge in [-0.2, -0.15) is 26.3 Å². The van der Waals surface area contributed by atoms with Crippen molar-refractivity contribution in [1.82, 2.24) is 9.36 Å². The van der Waals surface area contributed by atoms with Gasteiger partial charge in [-0.3, -0.25) is 9.48 Å². The van der Waals surface area contributed by atoms with E-state index in [9.17, 15) is 31.1 Å². The van der Waals surface area contributed by atoms with Crippen LogP contribution in [0.3, 0.4) is 0 Å². The maximum atomic E-state index is 15.1. The molecule has 2 aliphatic heterocycles. The zero-order chi connectivity index (χ0) is 24.5. The lowest BCUT2D eigenvalue weighted by atomic mass is 10.0. The molecule has 2 aliphatic rings. The van der Waals surface area contributed by atoms with Gasteiger partial charge in [-0.05, 0) is 25.0 Å². The highest BCUT2D eigenvalue weighted by atomic mass is 35.5. The Morgan fingerprint density at radius 1 is 1.06 bits per heavy atom. The number of aromatic nitrogens is 2. The van der Waals surface area contributed by atoms with Crippen molar-refractivity contribution < 1.29 is 30.7 Å². The van der Waals surface area contributed by atoms with Gasteiger partial charge in [0, 0.05) is 20.1 Å². The van der Waals surface area contributed by atoms with E-state index < -0.39 is 35.5 Å². The average Bonchev–Trinajstić information content (AvgIpc) is 3.14. The van der Waals surface area contributed by atoms with Crippen molar-refractivity contribution in [3.8, 4) is 11.1 Å². The van der Waals surface area contributed by atoms with Gasteiger partial charge in [0.1, 0.15) is 22.7 Å². The van der Waals surface area contributed by atoms with Gasteiger partial charge in [-0.25, -0.2) is 9.07 Å². The van der Waals surface area contributed by atoms with Gasteiger partial charge in [0.25, 0.3) is 5.56 Å². The Bertz CT molecular complexity index is 1200. The molecule has 1 atom stereocenters. The molecule has 14 heteroatoms. The first-order valence-electron chi connectivity index (χ1n) is 9.60. The van der Waals surface area contributed by atoms with E-state index >= 15 is 4.39 Å². The van der Waals surface area contributed by atoms with Crippen molar-refractivity contribution in [2.24, 2.45) is 0 Å². The van der Waals surface area contributed by atoms with E-state index in [4.69, 9.17) is 23.2 Å². The highest BCUT2D eigenvalue weighted by Crippen LogP contribution is 2.49. The maximum absolute atomic E-state index is 15.1. The molecule has 0 radical (unpaired) electrons. The predicted molar refractivity (Wildman–Crippen MR) is 109 cm³/mol. The summed E-state index contributed by atoms with van der Waals surface area (Å²) in [5, 5.41) is 2.10. The SMILES string of the molecule is CN1c2c(Cl)cc(F)c(-c3c(Cl)n4n(c3=O)CCCC4)c2NC1C=C(C(F)(F)F)C(F)(F)F. The van der Waals surface area contributed by atoms with E-state index in [0.717, 1.165) is 17.4 Å². The molecule has 33 heavy (non-hydrogen) atoms. The molecule has 0 fully saturated rings. The zero-order valence-corrected chi connectivity index (χ0v) is 18.2. The number of hydrogen-bond acceptors (Lipinski definition) is 3. The van der Waals surface area contributed by atoms with Gasteiger partial charge in [0.15, 0.2) is 0 Å². The molecule has 4 rings (SSSR count). The normalized spacial score (nSPS) is 18.1. The molecule has 5 nitrogen and oxygen atoms in total. The largest absolute Gasteiger partial charge is 0.421 e. The molecular formula is C19H15Cl2F7N4O. The third-order valence-electron chi connectivity index (χ3n) is 5.62. The molecule has 3 heterocycles. The van der Waals surface area contributed by atoms with E-state index in [1.54, 1.807) is 0 Å². The first-order valence-corrected chi connectivity index (χ1v) is 10.4. The highest BCUT2D eigenvalue weighted by Gasteiger charge is 2.52. The van der Waals surface area contributed by atoms with E-state index in [1.807, 2.05) is 0 Å². The molecule has 0 amide bonds. The molecule has 0 saturated heterocycles. The summed E-state index contributed by atoms with van der Waals surface area (Å²) in [5.41, 5.74) is -4.28. The Morgan fingerprint density at radius 2 is 1.64 bits per heavy atom. The lowest BCUT2D eigenvalue weighted by Crippen LogP contribution is -2.35. The minimum Gasteiger partial charge on any atom is -0.360 e. The highest BCUT2D eigenvalue weighted by molar-refractivity contribution is 6.35. The molecule has 1 aromatic carbocycles. The molecule has 0 saturated carbocycles. The first-order chi connectivity index (χ1) is 15.2. The van der Waals surface area contributed by atoms with Gasteiger partial charge >= 0.3 is 12.4 Å². The summed E-state index contributed by atoms with van der Waals surface area (Å²) < 4.78 is 96.3. The van der Waals surface area contributed by atoms with Crippen molar-refractivity contribution in [1.29, 1.82) is 0 Å². The van der Waals surface area contributed by atoms with E-state index in [-0.39, 0.29) is 38.8 Å². The fourth-order valence-corrected chi connectivity index (χ4v) is 4.79. The van der Waals surface area contributed by atoms with Crippen LogP contribution in [0.4, 0.5) is 42.1 Å². The zero-order valence-electron chi connectivity index (χ0n) is 16.7. The van der Waals surface area contributed by atoms with Crippen LogP contribution in [-0.4, -0.2) is 34.9 Å². The second kappa shape index (κ2) is 7.86. The summed E-state index contributed by atoms with van der Waals surface area (Å²) in [7, 11) is 1.19. The molecule has 2 aromatic rings. The minimum atomic E-state index is -5.68. The van der Waals surface area contributed by atoms with Crippen molar-refractivity contribution in [3.63, 3.8) is 0 Å². The monoisotopic (exact) mass is 518 g/mol. The molecule has 1 aromatic heterocycles. The van der Waals surface area contributed by atoms with Gasteiger partial charge in [-0.15, -0.1) is 0 Å². The summed E-state index contributed by atoms with van der Waals surface area (Å²) >= 11 is 12.4. The number of halogens is 9. The topological polar surface area (TPSA) is 42.2 Å². The van der Waals surface area contributed by atoms with Crippen molar-refractivity contribution in [2.45, 2.75) is 44.4 Å². The number of fused-ring (bicyclic) bond motifs is 2. The van der Waals surface area contributed by atoms with Crippen molar-refractivity contribution in [2.75, 3.05) is 17.3 Å². The molecule has 180 valence electrons. The fourth-order valence-electron chi connectivity index (χ4n) is 4.12. The average molecular weight is 519 g/mol. The first kappa shape index (κ1) is 23.8. The smallest absolute Gasteiger partial charge is 0.360 e. The Kier molecular flexibility index (Phi) is 5.67. The van der Waals surface area contributed by atoms with E-state index in [1.165, 1.54) is 16.4 Å². The van der Waals surface area contributed by atoms with Crippen LogP contribution < -0.4 is 15.8 Å². The Balaban J connectivity index is 1.90. The van der Waals surface area contributed by atoms with Crippen molar-refractivity contribution >= 4 is 34.6 Å². The molecular weight excluding hydrogens is 504 g/mol. The lowest BCUT2D eigenvalue weighted by molar-refractivity contribution is -0.172. The molecule has 1 N–H and O–H groups in total. The Morgan fingerprint density at radius 3 is 2.18 bits per heavy atom. The predicted octanol–water partition coefficient (Wildman–Crippen LogP) is 5.80. The summed E-state index contributed by atoms with van der Waals surface area (Å²) in [6.07, 6.45) is -11.7. The molecule has 0 bridgehead atoms. The van der Waals surface area contributed by atoms with Gasteiger partial charge in [0.2, 0.25) is 0 Å². The van der Waals surface area contributed by atoms with Crippen LogP contribution >= 0.6 is 23.2 Å². The number of benzene rings is 1. The number of allylic oxidation sites excluding steroid dienone is 1. The summed E-state index contributed by atoms with van der Waals surface area (Å²) in [5.74, 6) is -1.00. The third kappa shape index (κ3) is 3.86. The number of nitrogens with one attached hydrogen (secondary N) is 1. The summed E-state index contributed by atoms with van der Waals surface area (Å²) in [6.45, 7) is 0.722.